The van der Waals surface area contributed by atoms with Crippen molar-refractivity contribution in [3.05, 3.63) is 52.5 Å². The van der Waals surface area contributed by atoms with E-state index in [1.165, 1.54) is 24.3 Å². The van der Waals surface area contributed by atoms with Crippen molar-refractivity contribution in [3.8, 4) is 11.1 Å². The summed E-state index contributed by atoms with van der Waals surface area (Å²) in [5, 5.41) is 11.0. The molecule has 0 spiro atoms. The Morgan fingerprint density at radius 3 is 2.53 bits per heavy atom. The van der Waals surface area contributed by atoms with Crippen molar-refractivity contribution in [2.45, 2.75) is 31.5 Å². The molecule has 1 atom stereocenters. The minimum absolute atomic E-state index is 0.155. The van der Waals surface area contributed by atoms with Gasteiger partial charge in [-0.2, -0.15) is 13.2 Å². The van der Waals surface area contributed by atoms with Crippen LogP contribution in [0.4, 0.5) is 18.9 Å². The second-order valence-electron chi connectivity index (χ2n) is 7.62. The second kappa shape index (κ2) is 7.46. The summed E-state index contributed by atoms with van der Waals surface area (Å²) in [6, 6.07) is 8.91. The number of anilines is 1. The summed E-state index contributed by atoms with van der Waals surface area (Å²) >= 11 is 6.44. The molecule has 1 N–H and O–H groups in total. The highest BCUT2D eigenvalue weighted by Gasteiger charge is 2.61. The maximum absolute atomic E-state index is 14.1. The highest BCUT2D eigenvalue weighted by Crippen LogP contribution is 2.57. The lowest BCUT2D eigenvalue weighted by Crippen LogP contribution is -2.42. The van der Waals surface area contributed by atoms with Crippen LogP contribution >= 0.6 is 11.6 Å². The minimum atomic E-state index is -4.91. The Bertz CT molecular complexity index is 986. The van der Waals surface area contributed by atoms with Gasteiger partial charge in [0.25, 0.3) is 0 Å². The summed E-state index contributed by atoms with van der Waals surface area (Å²) < 4.78 is 47.3. The number of piperidine rings is 1. The number of halogens is 4. The molecular formula is C22H21ClF3NO3. The smallest absolute Gasteiger partial charge is 0.425 e. The third-order valence-corrected chi connectivity index (χ3v) is 6.24. The van der Waals surface area contributed by atoms with E-state index < -0.39 is 11.8 Å². The number of esters is 1. The van der Waals surface area contributed by atoms with Gasteiger partial charge in [0.1, 0.15) is 0 Å². The monoisotopic (exact) mass is 439 g/mol. The van der Waals surface area contributed by atoms with Crippen LogP contribution in [0.25, 0.3) is 11.1 Å². The maximum Gasteiger partial charge on any atom is 0.425 e. The van der Waals surface area contributed by atoms with Crippen LogP contribution in [0, 0.1) is 5.92 Å². The van der Waals surface area contributed by atoms with Crippen molar-refractivity contribution in [2.75, 3.05) is 24.6 Å². The molecule has 8 heteroatoms. The van der Waals surface area contributed by atoms with Crippen molar-refractivity contribution < 1.29 is 27.8 Å². The van der Waals surface area contributed by atoms with Crippen molar-refractivity contribution in [1.82, 2.24) is 0 Å². The van der Waals surface area contributed by atoms with Gasteiger partial charge in [0.2, 0.25) is 5.60 Å². The first-order chi connectivity index (χ1) is 14.2. The average Bonchev–Trinajstić information content (AvgIpc) is 2.99. The Balaban J connectivity index is 1.71. The summed E-state index contributed by atoms with van der Waals surface area (Å²) in [5.41, 5.74) is -2.61. The normalized spacial score (nSPS) is 21.3. The Morgan fingerprint density at radius 1 is 1.23 bits per heavy atom. The van der Waals surface area contributed by atoms with Crippen molar-refractivity contribution in [3.63, 3.8) is 0 Å². The van der Waals surface area contributed by atoms with Crippen LogP contribution in [0.2, 0.25) is 5.02 Å². The topological polar surface area (TPSA) is 49.8 Å². The van der Waals surface area contributed by atoms with Gasteiger partial charge in [0.05, 0.1) is 17.5 Å². The Hall–Kier alpha value is -2.25. The van der Waals surface area contributed by atoms with Gasteiger partial charge in [0.15, 0.2) is 0 Å². The van der Waals surface area contributed by atoms with Crippen molar-refractivity contribution in [1.29, 1.82) is 0 Å². The van der Waals surface area contributed by atoms with Gasteiger partial charge in [-0.25, -0.2) is 0 Å². The summed E-state index contributed by atoms with van der Waals surface area (Å²) in [6.45, 7) is 3.03. The van der Waals surface area contributed by atoms with Crippen LogP contribution in [0.15, 0.2) is 36.4 Å². The van der Waals surface area contributed by atoms with Crippen LogP contribution in [-0.2, 0) is 15.1 Å². The molecule has 1 heterocycles. The molecule has 2 aromatic carbocycles. The number of aliphatic hydroxyl groups is 1. The van der Waals surface area contributed by atoms with E-state index in [-0.39, 0.29) is 39.2 Å². The first kappa shape index (κ1) is 21.0. The molecule has 1 fully saturated rings. The third kappa shape index (κ3) is 3.15. The molecule has 2 aromatic rings. The van der Waals surface area contributed by atoms with Crippen LogP contribution < -0.4 is 4.90 Å². The molecule has 0 saturated carbocycles. The number of carbonyl (C=O) groups excluding carboxylic acids is 1. The predicted octanol–water partition coefficient (Wildman–Crippen LogP) is 4.90. The highest BCUT2D eigenvalue weighted by atomic mass is 35.5. The van der Waals surface area contributed by atoms with Gasteiger partial charge in [-0.1, -0.05) is 35.9 Å². The predicted molar refractivity (Wildman–Crippen MR) is 108 cm³/mol. The molecule has 1 aliphatic heterocycles. The minimum Gasteiger partial charge on any atom is -0.466 e. The molecule has 0 bridgehead atoms. The molecule has 1 aliphatic carbocycles. The molecule has 1 saturated heterocycles. The van der Waals surface area contributed by atoms with Gasteiger partial charge < -0.3 is 14.7 Å². The zero-order valence-corrected chi connectivity index (χ0v) is 17.1. The number of nitrogens with zero attached hydrogens (tertiary/aromatic N) is 1. The molecule has 160 valence electrons. The van der Waals surface area contributed by atoms with Gasteiger partial charge in [-0.3, -0.25) is 4.79 Å². The Kier molecular flexibility index (Phi) is 5.22. The van der Waals surface area contributed by atoms with Gasteiger partial charge in [-0.15, -0.1) is 0 Å². The van der Waals surface area contributed by atoms with E-state index in [0.717, 1.165) is 0 Å². The zero-order chi connectivity index (χ0) is 21.7. The van der Waals surface area contributed by atoms with E-state index in [2.05, 4.69) is 0 Å². The number of alkyl halides is 3. The number of ether oxygens (including phenoxy) is 1. The summed E-state index contributed by atoms with van der Waals surface area (Å²) in [7, 11) is 0. The molecular weight excluding hydrogens is 419 g/mol. The van der Waals surface area contributed by atoms with Gasteiger partial charge in [-0.05, 0) is 37.5 Å². The number of rotatable bonds is 3. The van der Waals surface area contributed by atoms with E-state index in [1.807, 2.05) is 4.90 Å². The Labute approximate surface area is 177 Å². The molecule has 4 rings (SSSR count). The summed E-state index contributed by atoms with van der Waals surface area (Å²) in [5.74, 6) is -0.464. The number of benzene rings is 2. The molecule has 4 nitrogen and oxygen atoms in total. The first-order valence-corrected chi connectivity index (χ1v) is 10.2. The quantitative estimate of drug-likeness (QED) is 0.691. The van der Waals surface area contributed by atoms with Crippen molar-refractivity contribution in [2.24, 2.45) is 5.92 Å². The van der Waals surface area contributed by atoms with Crippen LogP contribution in [0.1, 0.15) is 30.9 Å². The average molecular weight is 440 g/mol. The van der Waals surface area contributed by atoms with E-state index >= 15 is 0 Å². The summed E-state index contributed by atoms with van der Waals surface area (Å²) in [6.07, 6.45) is -3.83. The molecule has 2 aliphatic rings. The Morgan fingerprint density at radius 2 is 1.90 bits per heavy atom. The molecule has 30 heavy (non-hydrogen) atoms. The zero-order valence-electron chi connectivity index (χ0n) is 16.3. The lowest BCUT2D eigenvalue weighted by atomic mass is 9.90. The fourth-order valence-corrected chi connectivity index (χ4v) is 4.75. The summed E-state index contributed by atoms with van der Waals surface area (Å²) in [4.78, 5) is 13.8. The number of hydrogen-bond donors (Lipinski definition) is 1. The van der Waals surface area contributed by atoms with E-state index in [1.54, 1.807) is 19.1 Å². The lowest BCUT2D eigenvalue weighted by Gasteiger charge is -2.34. The number of fused-ring (bicyclic) bond motifs is 3. The standard InChI is InChI=1S/C22H21ClF3NO3/c1-2-30-20(28)13-7-9-27(10-8-13)14-11-17-19(18(23)12-14)15-5-3-4-6-16(15)21(17,29)22(24,25)26/h3-6,11-13,29H,2,7-10H2,1H3. The first-order valence-electron chi connectivity index (χ1n) is 9.83. The van der Waals surface area contributed by atoms with Gasteiger partial charge >= 0.3 is 12.1 Å². The molecule has 0 amide bonds. The second-order valence-corrected chi connectivity index (χ2v) is 8.02. The molecule has 0 radical (unpaired) electrons. The number of hydrogen-bond acceptors (Lipinski definition) is 4. The fourth-order valence-electron chi connectivity index (χ4n) is 4.43. The van der Waals surface area contributed by atoms with E-state index in [0.29, 0.717) is 38.2 Å². The number of carbonyl (C=O) groups is 1. The van der Waals surface area contributed by atoms with E-state index in [9.17, 15) is 23.1 Å². The van der Waals surface area contributed by atoms with Gasteiger partial charge in [0, 0.05) is 35.5 Å². The molecule has 1 unspecified atom stereocenters. The van der Waals surface area contributed by atoms with Crippen LogP contribution in [0.5, 0.6) is 0 Å². The highest BCUT2D eigenvalue weighted by molar-refractivity contribution is 6.34. The van der Waals surface area contributed by atoms with Crippen LogP contribution in [-0.4, -0.2) is 36.9 Å². The largest absolute Gasteiger partial charge is 0.466 e. The lowest BCUT2D eigenvalue weighted by molar-refractivity contribution is -0.246. The maximum atomic E-state index is 14.1. The third-order valence-electron chi connectivity index (χ3n) is 5.94. The fraction of sp³-hybridized carbons (Fsp3) is 0.409. The van der Waals surface area contributed by atoms with Crippen molar-refractivity contribution >= 4 is 23.3 Å². The molecule has 0 aromatic heterocycles. The van der Waals surface area contributed by atoms with Crippen LogP contribution in [0.3, 0.4) is 0 Å². The van der Waals surface area contributed by atoms with E-state index in [4.69, 9.17) is 16.3 Å². The SMILES string of the molecule is CCOC(=O)C1CCN(c2cc(Cl)c3c(c2)C(O)(C(F)(F)F)c2ccccc2-3)CC1.